The van der Waals surface area contributed by atoms with Gasteiger partial charge in [0.15, 0.2) is 0 Å². The van der Waals surface area contributed by atoms with E-state index in [0.717, 1.165) is 0 Å². The van der Waals surface area contributed by atoms with Gasteiger partial charge in [0.1, 0.15) is 0 Å². The molecule has 1 aliphatic rings. The summed E-state index contributed by atoms with van der Waals surface area (Å²) in [6, 6.07) is 44.8. The van der Waals surface area contributed by atoms with Crippen LogP contribution in [0.25, 0.3) is 22.3 Å². The molecule has 0 bridgehead atoms. The Morgan fingerprint density at radius 3 is 1.61 bits per heavy atom. The minimum atomic E-state index is -0.324. The normalized spacial score (nSPS) is 13.4. The van der Waals surface area contributed by atoms with Crippen molar-refractivity contribution in [1.82, 2.24) is 0 Å². The smallest absolute Gasteiger partial charge is 0.0622 e. The van der Waals surface area contributed by atoms with Gasteiger partial charge in [0, 0.05) is 0 Å². The summed E-state index contributed by atoms with van der Waals surface area (Å²) in [6.45, 7) is 4.35. The van der Waals surface area contributed by atoms with Gasteiger partial charge in [0.2, 0.25) is 0 Å². The average Bonchev–Trinajstić information content (AvgIpc) is 3.15. The molecule has 0 saturated carbocycles. The standard InChI is InChI=1S/C33H26/c1-23-19-24(2)21-26(20-23)25-17-18-32-30(22-25)29-15-9-10-16-31(29)33(32,27-11-5-3-6-12-27)28-13-7-4-8-14-28/h3-22H,1-2H3. The molecule has 1 aliphatic carbocycles. The highest BCUT2D eigenvalue weighted by Gasteiger charge is 2.45. The van der Waals surface area contributed by atoms with Crippen molar-refractivity contribution >= 4 is 0 Å². The minimum absolute atomic E-state index is 0.324. The number of hydrogen-bond donors (Lipinski definition) is 0. The average molecular weight is 423 g/mol. The predicted octanol–water partition coefficient (Wildman–Crippen LogP) is 8.33. The Morgan fingerprint density at radius 1 is 0.424 bits per heavy atom. The number of fused-ring (bicyclic) bond motifs is 3. The molecule has 158 valence electrons. The van der Waals surface area contributed by atoms with Crippen molar-refractivity contribution in [3.05, 3.63) is 155 Å². The first-order valence-corrected chi connectivity index (χ1v) is 11.6. The Labute approximate surface area is 196 Å². The van der Waals surface area contributed by atoms with Gasteiger partial charge in [-0.2, -0.15) is 0 Å². The van der Waals surface area contributed by atoms with Gasteiger partial charge in [-0.1, -0.05) is 126 Å². The molecule has 6 rings (SSSR count). The van der Waals surface area contributed by atoms with Crippen molar-refractivity contribution in [1.29, 1.82) is 0 Å². The van der Waals surface area contributed by atoms with Gasteiger partial charge in [0.05, 0.1) is 5.41 Å². The second kappa shape index (κ2) is 7.60. The first-order chi connectivity index (χ1) is 16.2. The molecule has 0 nitrogen and oxygen atoms in total. The zero-order valence-corrected chi connectivity index (χ0v) is 19.0. The molecule has 0 aromatic heterocycles. The number of hydrogen-bond acceptors (Lipinski definition) is 0. The maximum absolute atomic E-state index is 2.40. The highest BCUT2D eigenvalue weighted by Crippen LogP contribution is 2.56. The van der Waals surface area contributed by atoms with Crippen LogP contribution in [0, 0.1) is 13.8 Å². The van der Waals surface area contributed by atoms with Crippen LogP contribution in [0.2, 0.25) is 0 Å². The maximum atomic E-state index is 2.40. The van der Waals surface area contributed by atoms with Gasteiger partial charge >= 0.3 is 0 Å². The third-order valence-corrected chi connectivity index (χ3v) is 7.01. The molecule has 0 radical (unpaired) electrons. The van der Waals surface area contributed by atoms with Gasteiger partial charge in [-0.15, -0.1) is 0 Å². The SMILES string of the molecule is Cc1cc(C)cc(-c2ccc3c(c2)-c2ccccc2C3(c2ccccc2)c2ccccc2)c1. The summed E-state index contributed by atoms with van der Waals surface area (Å²) in [4.78, 5) is 0. The Morgan fingerprint density at radius 2 is 0.970 bits per heavy atom. The second-order valence-electron chi connectivity index (χ2n) is 9.16. The monoisotopic (exact) mass is 422 g/mol. The van der Waals surface area contributed by atoms with Gasteiger partial charge in [0.25, 0.3) is 0 Å². The third kappa shape index (κ3) is 2.98. The van der Waals surface area contributed by atoms with Crippen molar-refractivity contribution in [2.24, 2.45) is 0 Å². The highest BCUT2D eigenvalue weighted by atomic mass is 14.5. The van der Waals surface area contributed by atoms with E-state index in [1.54, 1.807) is 0 Å². The molecule has 0 aliphatic heterocycles. The fraction of sp³-hybridized carbons (Fsp3) is 0.0909. The van der Waals surface area contributed by atoms with E-state index >= 15 is 0 Å². The number of aryl methyl sites for hydroxylation is 2. The summed E-state index contributed by atoms with van der Waals surface area (Å²) >= 11 is 0. The molecular formula is C33H26. The van der Waals surface area contributed by atoms with Crippen molar-refractivity contribution in [2.45, 2.75) is 19.3 Å². The van der Waals surface area contributed by atoms with Crippen LogP contribution in [0.3, 0.4) is 0 Å². The van der Waals surface area contributed by atoms with E-state index in [4.69, 9.17) is 0 Å². The Hall–Kier alpha value is -3.90. The fourth-order valence-corrected chi connectivity index (χ4v) is 5.77. The Balaban J connectivity index is 1.69. The lowest BCUT2D eigenvalue weighted by Crippen LogP contribution is -2.28. The van der Waals surface area contributed by atoms with Gasteiger partial charge < -0.3 is 0 Å². The Bertz CT molecular complexity index is 1400. The zero-order chi connectivity index (χ0) is 22.4. The molecule has 0 unspecified atom stereocenters. The first-order valence-electron chi connectivity index (χ1n) is 11.6. The number of benzene rings is 5. The van der Waals surface area contributed by atoms with E-state index in [1.807, 2.05) is 0 Å². The van der Waals surface area contributed by atoms with Crippen molar-refractivity contribution in [2.75, 3.05) is 0 Å². The summed E-state index contributed by atoms with van der Waals surface area (Å²) in [5.41, 5.74) is 12.8. The lowest BCUT2D eigenvalue weighted by Gasteiger charge is -2.33. The van der Waals surface area contributed by atoms with E-state index in [0.29, 0.717) is 0 Å². The van der Waals surface area contributed by atoms with Crippen LogP contribution in [0.4, 0.5) is 0 Å². The van der Waals surface area contributed by atoms with E-state index in [-0.39, 0.29) is 5.41 Å². The van der Waals surface area contributed by atoms with E-state index < -0.39 is 0 Å². The summed E-state index contributed by atoms with van der Waals surface area (Å²) in [7, 11) is 0. The van der Waals surface area contributed by atoms with Crippen LogP contribution in [0.5, 0.6) is 0 Å². The van der Waals surface area contributed by atoms with Crippen LogP contribution in [0.1, 0.15) is 33.4 Å². The van der Waals surface area contributed by atoms with Crippen LogP contribution in [0.15, 0.2) is 121 Å². The van der Waals surface area contributed by atoms with Gasteiger partial charge in [-0.3, -0.25) is 0 Å². The fourth-order valence-electron chi connectivity index (χ4n) is 5.77. The molecule has 33 heavy (non-hydrogen) atoms. The van der Waals surface area contributed by atoms with Crippen LogP contribution < -0.4 is 0 Å². The molecule has 0 spiro atoms. The quantitative estimate of drug-likeness (QED) is 0.269. The van der Waals surface area contributed by atoms with Gasteiger partial charge in [-0.05, 0) is 64.4 Å². The highest BCUT2D eigenvalue weighted by molar-refractivity contribution is 5.88. The van der Waals surface area contributed by atoms with E-state index in [9.17, 15) is 0 Å². The zero-order valence-electron chi connectivity index (χ0n) is 19.0. The van der Waals surface area contributed by atoms with Crippen LogP contribution >= 0.6 is 0 Å². The van der Waals surface area contributed by atoms with Crippen LogP contribution in [-0.2, 0) is 5.41 Å². The predicted molar refractivity (Wildman–Crippen MR) is 139 cm³/mol. The molecule has 0 heterocycles. The molecular weight excluding hydrogens is 396 g/mol. The van der Waals surface area contributed by atoms with Crippen molar-refractivity contribution < 1.29 is 0 Å². The molecule has 5 aromatic rings. The Kier molecular flexibility index (Phi) is 4.55. The third-order valence-electron chi connectivity index (χ3n) is 7.01. The molecule has 0 atom stereocenters. The lowest BCUT2D eigenvalue weighted by molar-refractivity contribution is 0.768. The molecule has 0 heteroatoms. The van der Waals surface area contributed by atoms with Crippen molar-refractivity contribution in [3.63, 3.8) is 0 Å². The molecule has 0 N–H and O–H groups in total. The molecule has 0 saturated heterocycles. The lowest BCUT2D eigenvalue weighted by atomic mass is 9.67. The summed E-state index contributed by atoms with van der Waals surface area (Å²) in [6.07, 6.45) is 0. The maximum Gasteiger partial charge on any atom is 0.0713 e. The van der Waals surface area contributed by atoms with Crippen molar-refractivity contribution in [3.8, 4) is 22.3 Å². The minimum Gasteiger partial charge on any atom is -0.0622 e. The largest absolute Gasteiger partial charge is 0.0713 e. The molecule has 0 amide bonds. The summed E-state index contributed by atoms with van der Waals surface area (Å²) in [5, 5.41) is 0. The number of rotatable bonds is 3. The summed E-state index contributed by atoms with van der Waals surface area (Å²) < 4.78 is 0. The van der Waals surface area contributed by atoms with Crippen LogP contribution in [-0.4, -0.2) is 0 Å². The summed E-state index contributed by atoms with van der Waals surface area (Å²) in [5.74, 6) is 0. The van der Waals surface area contributed by atoms with E-state index in [1.165, 1.54) is 55.6 Å². The topological polar surface area (TPSA) is 0 Å². The van der Waals surface area contributed by atoms with Gasteiger partial charge in [-0.25, -0.2) is 0 Å². The second-order valence-corrected chi connectivity index (χ2v) is 9.16. The molecule has 0 fully saturated rings. The first kappa shape index (κ1) is 19.8. The molecule has 5 aromatic carbocycles. The van der Waals surface area contributed by atoms with E-state index in [2.05, 4.69) is 135 Å².